The van der Waals surface area contributed by atoms with Crippen LogP contribution in [-0.2, 0) is 9.53 Å². The molecule has 0 bridgehead atoms. The lowest BCUT2D eigenvalue weighted by molar-refractivity contribution is -0.385. The van der Waals surface area contributed by atoms with E-state index in [1.807, 2.05) is 6.07 Å². The van der Waals surface area contributed by atoms with Crippen LogP contribution in [0.25, 0.3) is 6.08 Å². The van der Waals surface area contributed by atoms with Crippen LogP contribution in [0.1, 0.15) is 16.7 Å². The van der Waals surface area contributed by atoms with Crippen LogP contribution >= 0.6 is 15.9 Å². The summed E-state index contributed by atoms with van der Waals surface area (Å²) in [6, 6.07) is 9.80. The van der Waals surface area contributed by atoms with Gasteiger partial charge in [0.1, 0.15) is 5.75 Å². The van der Waals surface area contributed by atoms with Gasteiger partial charge in [-0.05, 0) is 43.3 Å². The van der Waals surface area contributed by atoms with Crippen molar-refractivity contribution in [2.45, 2.75) is 6.92 Å². The third-order valence-electron chi connectivity index (χ3n) is 3.74. The predicted molar refractivity (Wildman–Crippen MR) is 99.1 cm³/mol. The van der Waals surface area contributed by atoms with Gasteiger partial charge in [-0.3, -0.25) is 10.1 Å². The molecule has 0 saturated carbocycles. The minimum absolute atomic E-state index is 0.00619. The van der Waals surface area contributed by atoms with Crippen molar-refractivity contribution in [3.63, 3.8) is 0 Å². The van der Waals surface area contributed by atoms with E-state index < -0.39 is 10.9 Å². The number of rotatable bonds is 4. The van der Waals surface area contributed by atoms with Crippen molar-refractivity contribution < 1.29 is 19.2 Å². The largest absolute Gasteiger partial charge is 0.496 e. The lowest BCUT2D eigenvalue weighted by Crippen LogP contribution is -2.06. The molecule has 0 aliphatic carbocycles. The Kier molecular flexibility index (Phi) is 4.85. The molecule has 0 saturated heterocycles. The summed E-state index contributed by atoms with van der Waals surface area (Å²) < 4.78 is 11.3. The standard InChI is InChI=1S/C18H13BrN2O5/c1-10-7-11(3-5-15(10)21(23)24)17-20-14(18(22)26-17)9-12-8-13(19)4-6-16(12)25-2/h3-9H,1-2H3/b14-9-. The van der Waals surface area contributed by atoms with E-state index in [1.54, 1.807) is 31.2 Å². The van der Waals surface area contributed by atoms with Gasteiger partial charge in [-0.25, -0.2) is 9.79 Å². The maximum Gasteiger partial charge on any atom is 0.363 e. The Morgan fingerprint density at radius 1 is 1.27 bits per heavy atom. The van der Waals surface area contributed by atoms with E-state index in [9.17, 15) is 14.9 Å². The van der Waals surface area contributed by atoms with Gasteiger partial charge in [0.25, 0.3) is 5.69 Å². The topological polar surface area (TPSA) is 91.0 Å². The smallest absolute Gasteiger partial charge is 0.363 e. The monoisotopic (exact) mass is 416 g/mol. The van der Waals surface area contributed by atoms with Crippen LogP contribution in [0, 0.1) is 17.0 Å². The van der Waals surface area contributed by atoms with E-state index in [4.69, 9.17) is 9.47 Å². The lowest BCUT2D eigenvalue weighted by atomic mass is 10.1. The molecular weight excluding hydrogens is 404 g/mol. The summed E-state index contributed by atoms with van der Waals surface area (Å²) in [5, 5.41) is 10.9. The summed E-state index contributed by atoms with van der Waals surface area (Å²) in [5.41, 5.74) is 1.72. The van der Waals surface area contributed by atoms with E-state index in [-0.39, 0.29) is 17.3 Å². The van der Waals surface area contributed by atoms with Crippen LogP contribution < -0.4 is 4.74 Å². The SMILES string of the molecule is COc1ccc(Br)cc1/C=C1\N=C(c2ccc([N+](=O)[O-])c(C)c2)OC1=O. The zero-order valence-electron chi connectivity index (χ0n) is 13.9. The molecule has 1 aliphatic heterocycles. The van der Waals surface area contributed by atoms with Gasteiger partial charge in [0.15, 0.2) is 5.70 Å². The first-order valence-corrected chi connectivity index (χ1v) is 8.30. The molecule has 0 radical (unpaired) electrons. The van der Waals surface area contributed by atoms with E-state index in [1.165, 1.54) is 19.2 Å². The first-order valence-electron chi connectivity index (χ1n) is 7.50. The van der Waals surface area contributed by atoms with E-state index in [0.717, 1.165) is 4.47 Å². The fourth-order valence-electron chi connectivity index (χ4n) is 2.49. The number of carbonyl (C=O) groups excluding carboxylic acids is 1. The molecule has 0 aromatic heterocycles. The molecule has 0 atom stereocenters. The highest BCUT2D eigenvalue weighted by Gasteiger charge is 2.25. The summed E-state index contributed by atoms with van der Waals surface area (Å²) in [5.74, 6) is 0.0922. The first-order chi connectivity index (χ1) is 12.4. The van der Waals surface area contributed by atoms with Crippen LogP contribution in [0.3, 0.4) is 0 Å². The van der Waals surface area contributed by atoms with Crippen LogP contribution in [-0.4, -0.2) is 23.9 Å². The number of carbonyl (C=O) groups is 1. The van der Waals surface area contributed by atoms with Gasteiger partial charge < -0.3 is 9.47 Å². The number of cyclic esters (lactones) is 1. The number of nitrogens with zero attached hydrogens (tertiary/aromatic N) is 2. The second-order valence-electron chi connectivity index (χ2n) is 5.48. The predicted octanol–water partition coefficient (Wildman–Crippen LogP) is 4.02. The summed E-state index contributed by atoms with van der Waals surface area (Å²) in [6.45, 7) is 1.61. The average molecular weight is 417 g/mol. The molecule has 8 heteroatoms. The quantitative estimate of drug-likeness (QED) is 0.324. The third kappa shape index (κ3) is 3.50. The van der Waals surface area contributed by atoms with E-state index >= 15 is 0 Å². The fourth-order valence-corrected chi connectivity index (χ4v) is 2.87. The van der Waals surface area contributed by atoms with Gasteiger partial charge in [-0.2, -0.15) is 0 Å². The van der Waals surface area contributed by atoms with Gasteiger partial charge in [0.2, 0.25) is 5.90 Å². The highest BCUT2D eigenvalue weighted by Crippen LogP contribution is 2.28. The van der Waals surface area contributed by atoms with E-state index in [0.29, 0.717) is 22.4 Å². The van der Waals surface area contributed by atoms with Gasteiger partial charge >= 0.3 is 5.97 Å². The Labute approximate surface area is 157 Å². The van der Waals surface area contributed by atoms with Gasteiger partial charge in [0.05, 0.1) is 12.0 Å². The van der Waals surface area contributed by atoms with Crippen LogP contribution in [0.2, 0.25) is 0 Å². The number of nitro groups is 1. The number of methoxy groups -OCH3 is 1. The van der Waals surface area contributed by atoms with Crippen LogP contribution in [0.4, 0.5) is 5.69 Å². The minimum atomic E-state index is -0.599. The Morgan fingerprint density at radius 3 is 2.69 bits per heavy atom. The molecule has 0 amide bonds. The molecule has 132 valence electrons. The Hall–Kier alpha value is -3.00. The number of halogens is 1. The molecule has 1 aliphatic rings. The number of aliphatic imine (C=N–C) groups is 1. The summed E-state index contributed by atoms with van der Waals surface area (Å²) >= 11 is 3.37. The van der Waals surface area contributed by atoms with Crippen molar-refractivity contribution in [1.29, 1.82) is 0 Å². The normalized spacial score (nSPS) is 15.0. The van der Waals surface area contributed by atoms with Crippen molar-refractivity contribution in [2.75, 3.05) is 7.11 Å². The van der Waals surface area contributed by atoms with Crippen molar-refractivity contribution in [3.8, 4) is 5.75 Å². The summed E-state index contributed by atoms with van der Waals surface area (Å²) in [6.07, 6.45) is 1.57. The molecule has 0 N–H and O–H groups in total. The number of benzene rings is 2. The summed E-state index contributed by atoms with van der Waals surface area (Å²) in [4.78, 5) is 26.8. The van der Waals surface area contributed by atoms with Gasteiger partial charge in [-0.15, -0.1) is 0 Å². The molecule has 7 nitrogen and oxygen atoms in total. The van der Waals surface area contributed by atoms with E-state index in [2.05, 4.69) is 20.9 Å². The van der Waals surface area contributed by atoms with Crippen molar-refractivity contribution in [1.82, 2.24) is 0 Å². The van der Waals surface area contributed by atoms with Crippen molar-refractivity contribution in [3.05, 3.63) is 73.4 Å². The molecule has 26 heavy (non-hydrogen) atoms. The molecule has 0 fully saturated rings. The maximum atomic E-state index is 12.1. The minimum Gasteiger partial charge on any atom is -0.496 e. The number of esters is 1. The molecule has 2 aromatic rings. The molecule has 1 heterocycles. The number of hydrogen-bond acceptors (Lipinski definition) is 6. The second-order valence-corrected chi connectivity index (χ2v) is 6.40. The maximum absolute atomic E-state index is 12.1. The number of ether oxygens (including phenoxy) is 2. The molecule has 2 aromatic carbocycles. The summed E-state index contributed by atoms with van der Waals surface area (Å²) in [7, 11) is 1.53. The molecule has 3 rings (SSSR count). The third-order valence-corrected chi connectivity index (χ3v) is 4.24. The Balaban J connectivity index is 1.98. The van der Waals surface area contributed by atoms with Gasteiger partial charge in [-0.1, -0.05) is 15.9 Å². The molecule has 0 unspecified atom stereocenters. The Morgan fingerprint density at radius 2 is 2.04 bits per heavy atom. The molecular formula is C18H13BrN2O5. The number of nitro benzene ring substituents is 1. The zero-order chi connectivity index (χ0) is 18.8. The number of hydrogen-bond donors (Lipinski definition) is 0. The van der Waals surface area contributed by atoms with Crippen LogP contribution in [0.5, 0.6) is 5.75 Å². The molecule has 0 spiro atoms. The van der Waals surface area contributed by atoms with Crippen LogP contribution in [0.15, 0.2) is 51.6 Å². The van der Waals surface area contributed by atoms with Crippen molar-refractivity contribution >= 4 is 39.6 Å². The van der Waals surface area contributed by atoms with Gasteiger partial charge in [0, 0.05) is 27.2 Å². The average Bonchev–Trinajstić information content (AvgIpc) is 2.95. The second kappa shape index (κ2) is 7.09. The van der Waals surface area contributed by atoms with Crippen molar-refractivity contribution in [2.24, 2.45) is 4.99 Å². The fraction of sp³-hybridized carbons (Fsp3) is 0.111. The first kappa shape index (κ1) is 17.8. The zero-order valence-corrected chi connectivity index (χ0v) is 15.4. The Bertz CT molecular complexity index is 982. The highest BCUT2D eigenvalue weighted by atomic mass is 79.9. The highest BCUT2D eigenvalue weighted by molar-refractivity contribution is 9.10. The lowest BCUT2D eigenvalue weighted by Gasteiger charge is -2.04. The number of aryl methyl sites for hydroxylation is 1.